The van der Waals surface area contributed by atoms with Crippen LogP contribution < -0.4 is 10.6 Å². The van der Waals surface area contributed by atoms with E-state index in [1.54, 1.807) is 11.0 Å². The van der Waals surface area contributed by atoms with Gasteiger partial charge in [0.05, 0.1) is 13.1 Å². The van der Waals surface area contributed by atoms with Gasteiger partial charge in [-0.3, -0.25) is 9.58 Å². The SMILES string of the molecule is CCNC(=NCc1ccc(CN2CCC(C)CC2)cc1)NCc1ncnn1C.I. The molecule has 0 amide bonds. The first-order chi connectivity index (χ1) is 13.6. The molecular formula is C21H34IN7. The normalized spacial score (nSPS) is 15.8. The summed E-state index contributed by atoms with van der Waals surface area (Å²) in [5, 5.41) is 10.7. The van der Waals surface area contributed by atoms with Gasteiger partial charge in [-0.05, 0) is 49.9 Å². The van der Waals surface area contributed by atoms with E-state index < -0.39 is 0 Å². The molecule has 1 aliphatic heterocycles. The van der Waals surface area contributed by atoms with Crippen LogP contribution in [0.2, 0.25) is 0 Å². The number of rotatable bonds is 7. The Kier molecular flexibility index (Phi) is 9.86. The van der Waals surface area contributed by atoms with E-state index in [2.05, 4.69) is 63.7 Å². The maximum Gasteiger partial charge on any atom is 0.191 e. The topological polar surface area (TPSA) is 70.4 Å². The molecule has 0 unspecified atom stereocenters. The van der Waals surface area contributed by atoms with Crippen LogP contribution in [0.5, 0.6) is 0 Å². The van der Waals surface area contributed by atoms with Crippen LogP contribution in [0.4, 0.5) is 0 Å². The second-order valence-corrected chi connectivity index (χ2v) is 7.62. The van der Waals surface area contributed by atoms with Gasteiger partial charge in [-0.2, -0.15) is 5.10 Å². The van der Waals surface area contributed by atoms with Gasteiger partial charge < -0.3 is 10.6 Å². The van der Waals surface area contributed by atoms with Crippen LogP contribution in [0.15, 0.2) is 35.6 Å². The van der Waals surface area contributed by atoms with Crippen LogP contribution in [0.25, 0.3) is 0 Å². The average molecular weight is 511 g/mol. The van der Waals surface area contributed by atoms with E-state index in [0.717, 1.165) is 30.8 Å². The lowest BCUT2D eigenvalue weighted by atomic mass is 9.99. The van der Waals surface area contributed by atoms with Crippen molar-refractivity contribution in [2.24, 2.45) is 18.0 Å². The Hall–Kier alpha value is -1.68. The highest BCUT2D eigenvalue weighted by Crippen LogP contribution is 2.18. The quantitative estimate of drug-likeness (QED) is 0.340. The molecule has 160 valence electrons. The van der Waals surface area contributed by atoms with Crippen molar-refractivity contribution in [1.29, 1.82) is 0 Å². The highest BCUT2D eigenvalue weighted by atomic mass is 127. The number of nitrogens with one attached hydrogen (secondary N) is 2. The van der Waals surface area contributed by atoms with Crippen LogP contribution in [0, 0.1) is 5.92 Å². The van der Waals surface area contributed by atoms with Gasteiger partial charge in [0.1, 0.15) is 12.2 Å². The lowest BCUT2D eigenvalue weighted by molar-refractivity contribution is 0.185. The molecule has 1 saturated heterocycles. The molecule has 3 rings (SSSR count). The minimum Gasteiger partial charge on any atom is -0.357 e. The molecule has 2 heterocycles. The van der Waals surface area contributed by atoms with E-state index in [1.807, 2.05) is 7.05 Å². The summed E-state index contributed by atoms with van der Waals surface area (Å²) in [6.07, 6.45) is 4.20. The van der Waals surface area contributed by atoms with Crippen LogP contribution in [0.3, 0.4) is 0 Å². The van der Waals surface area contributed by atoms with Crippen LogP contribution in [0.1, 0.15) is 43.6 Å². The first kappa shape index (κ1) is 23.6. The molecule has 0 bridgehead atoms. The number of aromatic nitrogens is 3. The molecule has 2 N–H and O–H groups in total. The Labute approximate surface area is 191 Å². The van der Waals surface area contributed by atoms with Crippen molar-refractivity contribution in [2.75, 3.05) is 19.6 Å². The summed E-state index contributed by atoms with van der Waals surface area (Å²) in [7, 11) is 1.89. The number of likely N-dealkylation sites (tertiary alicyclic amines) is 1. The molecule has 0 aliphatic carbocycles. The fraction of sp³-hybridized carbons (Fsp3) is 0.571. The standard InChI is InChI=1S/C21H33N7.HI/c1-4-22-21(24-14-20-25-16-26-27(20)3)23-13-18-5-7-19(8-6-18)15-28-11-9-17(2)10-12-28;/h5-8,16-17H,4,9-15H2,1-3H3,(H2,22,23,24);1H. The molecule has 7 nitrogen and oxygen atoms in total. The monoisotopic (exact) mass is 511 g/mol. The molecular weight excluding hydrogens is 477 g/mol. The summed E-state index contributed by atoms with van der Waals surface area (Å²) >= 11 is 0. The average Bonchev–Trinajstić information content (AvgIpc) is 3.12. The number of aryl methyl sites for hydroxylation is 1. The predicted molar refractivity (Wildman–Crippen MR) is 128 cm³/mol. The Morgan fingerprint density at radius 1 is 1.14 bits per heavy atom. The number of nitrogens with zero attached hydrogens (tertiary/aromatic N) is 5. The van der Waals surface area contributed by atoms with Crippen LogP contribution >= 0.6 is 24.0 Å². The molecule has 1 aromatic heterocycles. The number of hydrogen-bond donors (Lipinski definition) is 2. The molecule has 1 fully saturated rings. The van der Waals surface area contributed by atoms with Gasteiger partial charge in [-0.15, -0.1) is 24.0 Å². The van der Waals surface area contributed by atoms with Gasteiger partial charge in [-0.25, -0.2) is 9.98 Å². The smallest absolute Gasteiger partial charge is 0.191 e. The first-order valence-electron chi connectivity index (χ1n) is 10.3. The van der Waals surface area contributed by atoms with Crippen molar-refractivity contribution in [2.45, 2.75) is 46.3 Å². The number of piperidine rings is 1. The maximum atomic E-state index is 4.69. The number of guanidine groups is 1. The van der Waals surface area contributed by atoms with E-state index in [9.17, 15) is 0 Å². The van der Waals surface area contributed by atoms with Gasteiger partial charge in [0, 0.05) is 20.1 Å². The highest BCUT2D eigenvalue weighted by molar-refractivity contribution is 14.0. The van der Waals surface area contributed by atoms with E-state index in [1.165, 1.54) is 37.1 Å². The fourth-order valence-electron chi connectivity index (χ4n) is 3.38. The van der Waals surface area contributed by atoms with Crippen molar-refractivity contribution < 1.29 is 0 Å². The number of halogens is 1. The molecule has 0 saturated carbocycles. The fourth-order valence-corrected chi connectivity index (χ4v) is 3.38. The summed E-state index contributed by atoms with van der Waals surface area (Å²) in [5.41, 5.74) is 2.60. The lowest BCUT2D eigenvalue weighted by Crippen LogP contribution is -2.37. The van der Waals surface area contributed by atoms with E-state index in [-0.39, 0.29) is 24.0 Å². The second kappa shape index (κ2) is 12.1. The molecule has 2 aromatic rings. The summed E-state index contributed by atoms with van der Waals surface area (Å²) in [4.78, 5) is 11.5. The second-order valence-electron chi connectivity index (χ2n) is 7.62. The maximum absolute atomic E-state index is 4.69. The molecule has 0 atom stereocenters. The van der Waals surface area contributed by atoms with Gasteiger partial charge in [0.2, 0.25) is 0 Å². The minimum atomic E-state index is 0. The van der Waals surface area contributed by atoms with Gasteiger partial charge >= 0.3 is 0 Å². The number of aliphatic imine (C=N–C) groups is 1. The zero-order valence-electron chi connectivity index (χ0n) is 17.8. The molecule has 8 heteroatoms. The molecule has 29 heavy (non-hydrogen) atoms. The molecule has 0 radical (unpaired) electrons. The van der Waals surface area contributed by atoms with Crippen LogP contribution in [-0.4, -0.2) is 45.3 Å². The Bertz CT molecular complexity index is 749. The molecule has 1 aliphatic rings. The van der Waals surface area contributed by atoms with Gasteiger partial charge in [-0.1, -0.05) is 31.2 Å². The highest BCUT2D eigenvalue weighted by Gasteiger charge is 2.15. The van der Waals surface area contributed by atoms with Crippen LogP contribution in [-0.2, 0) is 26.7 Å². The lowest BCUT2D eigenvalue weighted by Gasteiger charge is -2.30. The summed E-state index contributed by atoms with van der Waals surface area (Å²) in [5.74, 6) is 2.55. The minimum absolute atomic E-state index is 0. The van der Waals surface area contributed by atoms with E-state index in [0.29, 0.717) is 13.1 Å². The Morgan fingerprint density at radius 3 is 2.45 bits per heavy atom. The third-order valence-electron chi connectivity index (χ3n) is 5.29. The zero-order chi connectivity index (χ0) is 19.8. The van der Waals surface area contributed by atoms with Gasteiger partial charge in [0.25, 0.3) is 0 Å². The summed E-state index contributed by atoms with van der Waals surface area (Å²) in [6.45, 7) is 9.97. The number of hydrogen-bond acceptors (Lipinski definition) is 4. The number of benzene rings is 1. The summed E-state index contributed by atoms with van der Waals surface area (Å²) in [6, 6.07) is 8.86. The van der Waals surface area contributed by atoms with E-state index >= 15 is 0 Å². The predicted octanol–water partition coefficient (Wildman–Crippen LogP) is 2.92. The Morgan fingerprint density at radius 2 is 1.83 bits per heavy atom. The van der Waals surface area contributed by atoms with Crippen molar-refractivity contribution in [3.05, 3.63) is 47.5 Å². The molecule has 0 spiro atoms. The van der Waals surface area contributed by atoms with E-state index in [4.69, 9.17) is 4.99 Å². The van der Waals surface area contributed by atoms with Gasteiger partial charge in [0.15, 0.2) is 5.96 Å². The van der Waals surface area contributed by atoms with Crippen molar-refractivity contribution in [3.63, 3.8) is 0 Å². The van der Waals surface area contributed by atoms with Crippen molar-refractivity contribution in [1.82, 2.24) is 30.3 Å². The first-order valence-corrected chi connectivity index (χ1v) is 10.3. The Balaban J connectivity index is 0.00000300. The van der Waals surface area contributed by atoms with Crippen molar-refractivity contribution in [3.8, 4) is 0 Å². The van der Waals surface area contributed by atoms with Crippen molar-refractivity contribution >= 4 is 29.9 Å². The summed E-state index contributed by atoms with van der Waals surface area (Å²) < 4.78 is 1.76. The third-order valence-corrected chi connectivity index (χ3v) is 5.29. The zero-order valence-corrected chi connectivity index (χ0v) is 20.1. The largest absolute Gasteiger partial charge is 0.357 e. The molecule has 1 aromatic carbocycles. The third kappa shape index (κ3) is 7.58.